The summed E-state index contributed by atoms with van der Waals surface area (Å²) in [6.45, 7) is 3.86. The van der Waals surface area contributed by atoms with Gasteiger partial charge in [0.2, 0.25) is 5.91 Å². The van der Waals surface area contributed by atoms with E-state index in [1.807, 2.05) is 47.1 Å². The van der Waals surface area contributed by atoms with Gasteiger partial charge in [-0.2, -0.15) is 0 Å². The van der Waals surface area contributed by atoms with Crippen LogP contribution in [0.4, 0.5) is 0 Å². The van der Waals surface area contributed by atoms with Gasteiger partial charge < -0.3 is 25.6 Å². The molecule has 0 aromatic heterocycles. The van der Waals surface area contributed by atoms with Crippen LogP contribution in [0.25, 0.3) is 0 Å². The van der Waals surface area contributed by atoms with Crippen molar-refractivity contribution in [3.05, 3.63) is 35.9 Å². The molecule has 4 N–H and O–H groups in total. The molecule has 1 aliphatic heterocycles. The Balaban J connectivity index is 2.02. The first-order valence-electron chi connectivity index (χ1n) is 9.23. The van der Waals surface area contributed by atoms with E-state index in [2.05, 4.69) is 10.6 Å². The summed E-state index contributed by atoms with van der Waals surface area (Å²) in [7, 11) is 2.88. The molecule has 1 aromatic rings. The molecule has 0 bridgehead atoms. The van der Waals surface area contributed by atoms with Gasteiger partial charge in [-0.05, 0) is 25.9 Å². The van der Waals surface area contributed by atoms with Gasteiger partial charge in [-0.15, -0.1) is 0 Å². The van der Waals surface area contributed by atoms with Crippen LogP contribution in [0.1, 0.15) is 5.56 Å². The van der Waals surface area contributed by atoms with Crippen LogP contribution in [0.3, 0.4) is 0 Å². The number of likely N-dealkylation sites (N-methyl/N-ethyl adjacent to an activating group) is 2. The second-order valence-corrected chi connectivity index (χ2v) is 6.90. The van der Waals surface area contributed by atoms with E-state index in [0.717, 1.165) is 12.0 Å². The minimum atomic E-state index is -0.606. The van der Waals surface area contributed by atoms with Crippen LogP contribution in [-0.2, 0) is 11.2 Å². The number of carbonyl (C=O) groups excluding carboxylic acids is 1. The lowest BCUT2D eigenvalue weighted by Crippen LogP contribution is -2.63. The summed E-state index contributed by atoms with van der Waals surface area (Å²) in [5.41, 5.74) is 1.16. The number of β-amino-alcohol motifs (C(OH)–C–C–N with tert-alkyl or cyclic N) is 1. The van der Waals surface area contributed by atoms with Gasteiger partial charge in [-0.1, -0.05) is 30.3 Å². The van der Waals surface area contributed by atoms with Gasteiger partial charge in [0.05, 0.1) is 6.10 Å². The van der Waals surface area contributed by atoms with Crippen molar-refractivity contribution in [3.8, 4) is 0 Å². The summed E-state index contributed by atoms with van der Waals surface area (Å²) in [5, 5.41) is 26.5. The summed E-state index contributed by atoms with van der Waals surface area (Å²) < 4.78 is 0. The predicted molar refractivity (Wildman–Crippen MR) is 104 cm³/mol. The molecule has 3 atom stereocenters. The van der Waals surface area contributed by atoms with Crippen molar-refractivity contribution in [2.24, 2.45) is 0 Å². The zero-order chi connectivity index (χ0) is 19.1. The molecule has 1 aromatic carbocycles. The van der Waals surface area contributed by atoms with Gasteiger partial charge in [0.25, 0.3) is 0 Å². The van der Waals surface area contributed by atoms with E-state index in [1.165, 1.54) is 0 Å². The smallest absolute Gasteiger partial charge is 0.376 e. The highest BCUT2D eigenvalue weighted by Gasteiger charge is 2.36. The number of hydrogen-bond donors (Lipinski definition) is 4. The number of nitrogens with zero attached hydrogens (tertiary/aromatic N) is 2. The average Bonchev–Trinajstić information content (AvgIpc) is 2.66. The molecular formula is C18H31BN4O3. The molecule has 1 heterocycles. The molecule has 26 heavy (non-hydrogen) atoms. The number of rotatable bonds is 8. The van der Waals surface area contributed by atoms with Crippen LogP contribution >= 0.6 is 0 Å². The molecule has 3 unspecified atom stereocenters. The van der Waals surface area contributed by atoms with E-state index in [1.54, 1.807) is 13.9 Å². The maximum absolute atomic E-state index is 12.3. The molecule has 1 amide bonds. The van der Waals surface area contributed by atoms with Crippen LogP contribution < -0.4 is 10.6 Å². The number of carbonyl (C=O) groups is 1. The zero-order valence-electron chi connectivity index (χ0n) is 15.9. The second-order valence-electron chi connectivity index (χ2n) is 6.90. The third-order valence-corrected chi connectivity index (χ3v) is 5.16. The lowest BCUT2D eigenvalue weighted by molar-refractivity contribution is -0.128. The van der Waals surface area contributed by atoms with Gasteiger partial charge in [0.1, 0.15) is 6.04 Å². The van der Waals surface area contributed by atoms with Gasteiger partial charge in [-0.3, -0.25) is 9.69 Å². The summed E-state index contributed by atoms with van der Waals surface area (Å²) in [4.78, 5) is 16.2. The second kappa shape index (κ2) is 10.0. The van der Waals surface area contributed by atoms with E-state index in [-0.39, 0.29) is 18.0 Å². The van der Waals surface area contributed by atoms with E-state index in [4.69, 9.17) is 0 Å². The first kappa shape index (κ1) is 20.9. The molecular weight excluding hydrogens is 331 g/mol. The Kier molecular flexibility index (Phi) is 8.05. The number of aliphatic hydroxyl groups is 1. The molecule has 0 spiro atoms. The Morgan fingerprint density at radius 1 is 1.31 bits per heavy atom. The number of hydrogen-bond acceptors (Lipinski definition) is 6. The minimum Gasteiger partial charge on any atom is -0.437 e. The first-order chi connectivity index (χ1) is 12.5. The van der Waals surface area contributed by atoms with E-state index in [9.17, 15) is 14.9 Å². The highest BCUT2D eigenvalue weighted by atomic mass is 16.3. The van der Waals surface area contributed by atoms with Crippen molar-refractivity contribution in [3.63, 3.8) is 0 Å². The highest BCUT2D eigenvalue weighted by molar-refractivity contribution is 6.45. The lowest BCUT2D eigenvalue weighted by Gasteiger charge is -2.42. The van der Waals surface area contributed by atoms with E-state index >= 15 is 0 Å². The van der Waals surface area contributed by atoms with Gasteiger partial charge in [-0.25, -0.2) is 0 Å². The molecule has 1 aliphatic rings. The van der Waals surface area contributed by atoms with E-state index in [0.29, 0.717) is 26.2 Å². The fourth-order valence-corrected chi connectivity index (χ4v) is 3.48. The van der Waals surface area contributed by atoms with E-state index < -0.39 is 13.2 Å². The van der Waals surface area contributed by atoms with Gasteiger partial charge in [0.15, 0.2) is 0 Å². The number of piperazine rings is 1. The fourth-order valence-electron chi connectivity index (χ4n) is 3.48. The van der Waals surface area contributed by atoms with Crippen LogP contribution in [-0.4, -0.2) is 91.3 Å². The Morgan fingerprint density at radius 2 is 2.00 bits per heavy atom. The van der Waals surface area contributed by atoms with Crippen molar-refractivity contribution in [1.82, 2.24) is 20.3 Å². The largest absolute Gasteiger partial charge is 0.437 e. The molecule has 1 saturated heterocycles. The summed E-state index contributed by atoms with van der Waals surface area (Å²) >= 11 is 0. The highest BCUT2D eigenvalue weighted by Crippen LogP contribution is 2.14. The molecule has 0 aliphatic carbocycles. The SMILES string of the molecule is CNC(=O)C1CN(B(C)O)CCN1CC(O)C(Cc1ccccc1)NC. The molecule has 7 nitrogen and oxygen atoms in total. The number of nitrogens with one attached hydrogen (secondary N) is 2. The maximum Gasteiger partial charge on any atom is 0.376 e. The standard InChI is InChI=1S/C18H31BN4O3/c1-19(26)23-10-9-22(16(12-23)18(25)21-3)13-17(24)15(20-2)11-14-7-5-4-6-8-14/h4-8,15-17,20,24,26H,9-13H2,1-3H3,(H,21,25). The van der Waals surface area contributed by atoms with Gasteiger partial charge >= 0.3 is 7.05 Å². The maximum atomic E-state index is 12.3. The van der Waals surface area contributed by atoms with Crippen molar-refractivity contribution in [2.45, 2.75) is 31.4 Å². The summed E-state index contributed by atoms with van der Waals surface area (Å²) in [5.74, 6) is -0.0911. The Morgan fingerprint density at radius 3 is 2.58 bits per heavy atom. The molecule has 2 rings (SSSR count). The molecule has 144 valence electrons. The number of benzene rings is 1. The Bertz CT molecular complexity index is 561. The third kappa shape index (κ3) is 5.52. The summed E-state index contributed by atoms with van der Waals surface area (Å²) in [6.07, 6.45) is 0.113. The first-order valence-corrected chi connectivity index (χ1v) is 9.23. The topological polar surface area (TPSA) is 88.1 Å². The quantitative estimate of drug-likeness (QED) is 0.445. The summed E-state index contributed by atoms with van der Waals surface area (Å²) in [6, 6.07) is 9.57. The minimum absolute atomic E-state index is 0.0911. The molecule has 0 radical (unpaired) electrons. The number of amides is 1. The van der Waals surface area contributed by atoms with Crippen molar-refractivity contribution in [2.75, 3.05) is 40.3 Å². The Labute approximate surface area is 156 Å². The monoisotopic (exact) mass is 362 g/mol. The predicted octanol–water partition coefficient (Wildman–Crippen LogP) is -0.979. The molecule has 8 heteroatoms. The van der Waals surface area contributed by atoms with Crippen molar-refractivity contribution in [1.29, 1.82) is 0 Å². The van der Waals surface area contributed by atoms with Gasteiger partial charge in [0, 0.05) is 39.3 Å². The van der Waals surface area contributed by atoms with Crippen molar-refractivity contribution >= 4 is 13.0 Å². The van der Waals surface area contributed by atoms with Crippen LogP contribution in [0.2, 0.25) is 6.82 Å². The van der Waals surface area contributed by atoms with Crippen LogP contribution in [0, 0.1) is 0 Å². The molecule has 1 fully saturated rings. The van der Waals surface area contributed by atoms with Crippen LogP contribution in [0.15, 0.2) is 30.3 Å². The van der Waals surface area contributed by atoms with Crippen molar-refractivity contribution < 1.29 is 14.9 Å². The third-order valence-electron chi connectivity index (χ3n) is 5.16. The average molecular weight is 362 g/mol. The number of aliphatic hydroxyl groups excluding tert-OH is 1. The van der Waals surface area contributed by atoms with Crippen LogP contribution in [0.5, 0.6) is 0 Å². The zero-order valence-corrected chi connectivity index (χ0v) is 15.9. The Hall–Kier alpha value is -1.45. The normalized spacial score (nSPS) is 21.2. The fraction of sp³-hybridized carbons (Fsp3) is 0.611. The molecule has 0 saturated carbocycles. The lowest BCUT2D eigenvalue weighted by atomic mass is 9.83.